The predicted octanol–water partition coefficient (Wildman–Crippen LogP) is 4.13. The van der Waals surface area contributed by atoms with E-state index in [-0.39, 0.29) is 11.5 Å². The first-order chi connectivity index (χ1) is 13.8. The maximum atomic E-state index is 13.5. The third-order valence-electron chi connectivity index (χ3n) is 4.46. The number of carbonyl (C=O) groups is 1. The Morgan fingerprint density at radius 2 is 2.07 bits per heavy atom. The van der Waals surface area contributed by atoms with Gasteiger partial charge in [0.15, 0.2) is 6.10 Å². The van der Waals surface area contributed by atoms with Crippen LogP contribution < -0.4 is 0 Å². The molecule has 0 aliphatic rings. The van der Waals surface area contributed by atoms with Gasteiger partial charge in [0.25, 0.3) is 10.0 Å². The zero-order valence-corrected chi connectivity index (χ0v) is 17.5. The fourth-order valence-corrected chi connectivity index (χ4v) is 5.51. The summed E-state index contributed by atoms with van der Waals surface area (Å²) < 4.78 is 34.3. The van der Waals surface area contributed by atoms with Gasteiger partial charge >= 0.3 is 5.97 Å². The molecule has 0 fully saturated rings. The second-order valence-corrected chi connectivity index (χ2v) is 9.49. The molecule has 2 aromatic carbocycles. The highest BCUT2D eigenvalue weighted by Crippen LogP contribution is 2.30. The Morgan fingerprint density at radius 3 is 2.83 bits per heavy atom. The zero-order chi connectivity index (χ0) is 20.8. The molecule has 0 radical (unpaired) electrons. The molecule has 10 heteroatoms. The number of carboxylic acid groups (broad SMARTS) is 1. The third-order valence-corrected chi connectivity index (χ3v) is 7.25. The van der Waals surface area contributed by atoms with Crippen LogP contribution in [-0.4, -0.2) is 34.6 Å². The molecule has 0 saturated heterocycles. The molecule has 1 atom stereocenters. The van der Waals surface area contributed by atoms with E-state index in [1.165, 1.54) is 28.3 Å². The lowest BCUT2D eigenvalue weighted by molar-refractivity contribution is -0.149. The Balaban J connectivity index is 1.87. The van der Waals surface area contributed by atoms with Crippen LogP contribution in [0.25, 0.3) is 21.1 Å². The first-order valence-corrected chi connectivity index (χ1v) is 11.2. The summed E-state index contributed by atoms with van der Waals surface area (Å²) in [6.45, 7) is 1.19. The van der Waals surface area contributed by atoms with Crippen LogP contribution in [0.2, 0.25) is 5.02 Å². The molecular weight excluding hydrogens is 436 g/mol. The van der Waals surface area contributed by atoms with Crippen LogP contribution >= 0.6 is 22.9 Å². The molecule has 4 aromatic rings. The highest BCUT2D eigenvalue weighted by atomic mass is 35.5. The van der Waals surface area contributed by atoms with Crippen molar-refractivity contribution in [3.05, 3.63) is 58.7 Å². The molecule has 0 spiro atoms. The number of ether oxygens (including phenoxy) is 1. The Morgan fingerprint density at radius 1 is 1.28 bits per heavy atom. The summed E-state index contributed by atoms with van der Waals surface area (Å²) in [4.78, 5) is 15.3. The van der Waals surface area contributed by atoms with E-state index >= 15 is 0 Å². The van der Waals surface area contributed by atoms with E-state index in [0.717, 1.165) is 10.2 Å². The molecule has 4 rings (SSSR count). The number of halogens is 1. The van der Waals surface area contributed by atoms with Crippen molar-refractivity contribution in [2.45, 2.75) is 24.5 Å². The van der Waals surface area contributed by atoms with Crippen LogP contribution in [0.5, 0.6) is 0 Å². The van der Waals surface area contributed by atoms with Crippen LogP contribution in [0.4, 0.5) is 0 Å². The highest BCUT2D eigenvalue weighted by Gasteiger charge is 2.25. The number of aliphatic carboxylic acids is 1. The zero-order valence-electron chi connectivity index (χ0n) is 15.1. The average molecular weight is 451 g/mol. The minimum atomic E-state index is -3.98. The van der Waals surface area contributed by atoms with Crippen LogP contribution in [0.3, 0.4) is 0 Å². The summed E-state index contributed by atoms with van der Waals surface area (Å²) in [6.07, 6.45) is -1.08. The average Bonchev–Trinajstić information content (AvgIpc) is 3.29. The molecule has 2 heterocycles. The van der Waals surface area contributed by atoms with Gasteiger partial charge < -0.3 is 9.84 Å². The molecular formula is C19H15ClN2O5S2. The lowest BCUT2D eigenvalue weighted by Crippen LogP contribution is -2.22. The number of aromatic nitrogens is 2. The van der Waals surface area contributed by atoms with Crippen LogP contribution in [0, 0.1) is 0 Å². The topological polar surface area (TPSA) is 98.5 Å². The van der Waals surface area contributed by atoms with Gasteiger partial charge in [-0.25, -0.2) is 22.2 Å². The van der Waals surface area contributed by atoms with Crippen molar-refractivity contribution in [3.63, 3.8) is 0 Å². The number of carboxylic acids is 1. The van der Waals surface area contributed by atoms with Crippen LogP contribution in [0.15, 0.2) is 52.9 Å². The smallest absolute Gasteiger partial charge is 0.332 e. The van der Waals surface area contributed by atoms with Crippen LogP contribution in [-0.2, 0) is 26.2 Å². The summed E-state index contributed by atoms with van der Waals surface area (Å²) >= 11 is 7.41. The molecule has 2 aromatic heterocycles. The summed E-state index contributed by atoms with van der Waals surface area (Å²) in [5.41, 5.74) is 3.11. The van der Waals surface area contributed by atoms with Gasteiger partial charge in [0.2, 0.25) is 0 Å². The first kappa shape index (κ1) is 19.8. The molecule has 0 bridgehead atoms. The van der Waals surface area contributed by atoms with E-state index in [2.05, 4.69) is 4.98 Å². The maximum absolute atomic E-state index is 13.5. The second kappa shape index (κ2) is 7.42. The van der Waals surface area contributed by atoms with Gasteiger partial charge in [-0.2, -0.15) is 0 Å². The lowest BCUT2D eigenvalue weighted by atomic mass is 10.2. The van der Waals surface area contributed by atoms with Crippen molar-refractivity contribution in [1.29, 1.82) is 0 Å². The molecule has 0 aliphatic heterocycles. The monoisotopic (exact) mass is 450 g/mol. The molecule has 150 valence electrons. The van der Waals surface area contributed by atoms with Gasteiger partial charge in [0.1, 0.15) is 0 Å². The highest BCUT2D eigenvalue weighted by molar-refractivity contribution is 7.90. The summed E-state index contributed by atoms with van der Waals surface area (Å²) in [7, 11) is -3.98. The predicted molar refractivity (Wildman–Crippen MR) is 111 cm³/mol. The normalized spacial score (nSPS) is 13.2. The van der Waals surface area contributed by atoms with Crippen LogP contribution in [0.1, 0.15) is 12.6 Å². The number of hydrogen-bond donors (Lipinski definition) is 1. The number of fused-ring (bicyclic) bond motifs is 2. The van der Waals surface area contributed by atoms with Gasteiger partial charge in [0, 0.05) is 10.4 Å². The van der Waals surface area contributed by atoms with E-state index in [9.17, 15) is 13.2 Å². The molecule has 0 aliphatic carbocycles. The molecule has 0 unspecified atom stereocenters. The SMILES string of the molecule is C[C@H](OCc1cc2cc(Cl)ccc2n1S(=O)(=O)c1ccc2ncsc2c1)C(=O)O. The number of benzene rings is 2. The Bertz CT molecular complexity index is 1340. The summed E-state index contributed by atoms with van der Waals surface area (Å²) in [5, 5.41) is 10.1. The fourth-order valence-electron chi connectivity index (χ4n) is 2.99. The molecule has 0 saturated carbocycles. The van der Waals surface area contributed by atoms with Crippen molar-refractivity contribution in [1.82, 2.24) is 8.96 Å². The van der Waals surface area contributed by atoms with E-state index < -0.39 is 22.1 Å². The van der Waals surface area contributed by atoms with Crippen molar-refractivity contribution >= 4 is 60.0 Å². The van der Waals surface area contributed by atoms with Crippen molar-refractivity contribution in [2.75, 3.05) is 0 Å². The molecule has 7 nitrogen and oxygen atoms in total. The van der Waals surface area contributed by atoms with Gasteiger partial charge in [0.05, 0.1) is 38.4 Å². The van der Waals surface area contributed by atoms with Gasteiger partial charge in [-0.05, 0) is 49.4 Å². The quantitative estimate of drug-likeness (QED) is 0.474. The molecule has 0 amide bonds. The summed E-state index contributed by atoms with van der Waals surface area (Å²) in [6, 6.07) is 11.2. The van der Waals surface area contributed by atoms with Crippen molar-refractivity contribution in [3.8, 4) is 0 Å². The largest absolute Gasteiger partial charge is 0.479 e. The summed E-state index contributed by atoms with van der Waals surface area (Å²) in [5.74, 6) is -1.13. The molecule has 29 heavy (non-hydrogen) atoms. The minimum Gasteiger partial charge on any atom is -0.479 e. The van der Waals surface area contributed by atoms with Gasteiger partial charge in [-0.3, -0.25) is 0 Å². The van der Waals surface area contributed by atoms with Gasteiger partial charge in [-0.15, -0.1) is 11.3 Å². The minimum absolute atomic E-state index is 0.106. The number of thiazole rings is 1. The Hall–Kier alpha value is -2.46. The Labute approximate surface area is 175 Å². The van der Waals surface area contributed by atoms with E-state index in [1.807, 2.05) is 0 Å². The third kappa shape index (κ3) is 3.62. The van der Waals surface area contributed by atoms with E-state index in [4.69, 9.17) is 21.4 Å². The van der Waals surface area contributed by atoms with E-state index in [1.54, 1.807) is 41.9 Å². The molecule has 1 N–H and O–H groups in total. The second-order valence-electron chi connectivity index (χ2n) is 6.38. The standard InChI is InChI=1S/C19H15ClN2O5S2/c1-11(19(23)24)27-9-14-7-12-6-13(20)2-5-17(12)22(14)29(25,26)15-3-4-16-18(8-15)28-10-21-16/h2-8,10-11H,9H2,1H3,(H,23,24)/t11-/m0/s1. The maximum Gasteiger partial charge on any atom is 0.332 e. The Kier molecular flexibility index (Phi) is 5.07. The van der Waals surface area contributed by atoms with Gasteiger partial charge in [-0.1, -0.05) is 11.6 Å². The van der Waals surface area contributed by atoms with Crippen molar-refractivity contribution in [2.24, 2.45) is 0 Å². The van der Waals surface area contributed by atoms with E-state index in [0.29, 0.717) is 21.6 Å². The number of nitrogens with zero attached hydrogens (tertiary/aromatic N) is 2. The number of rotatable bonds is 6. The number of hydrogen-bond acceptors (Lipinski definition) is 6. The fraction of sp³-hybridized carbons (Fsp3) is 0.158. The van der Waals surface area contributed by atoms with Crippen molar-refractivity contribution < 1.29 is 23.1 Å². The first-order valence-electron chi connectivity index (χ1n) is 8.50. The lowest BCUT2D eigenvalue weighted by Gasteiger charge is -2.14.